The maximum Gasteiger partial charge on any atom is 0.309 e. The normalized spacial score (nSPS) is 19.2. The summed E-state index contributed by atoms with van der Waals surface area (Å²) in [5.74, 6) is -1.72. The van der Waals surface area contributed by atoms with Crippen LogP contribution in [0.15, 0.2) is 58.7 Å². The molecule has 0 bridgehead atoms. The van der Waals surface area contributed by atoms with Gasteiger partial charge in [0.1, 0.15) is 0 Å². The molecule has 0 radical (unpaired) electrons. The topological polar surface area (TPSA) is 109 Å². The molecule has 0 spiro atoms. The second kappa shape index (κ2) is 12.7. The number of unbranched alkanes of at least 4 members (excludes halogenated alkanes) is 2. The van der Waals surface area contributed by atoms with Crippen molar-refractivity contribution in [3.05, 3.63) is 58.7 Å². The average molecular weight is 553 g/mol. The van der Waals surface area contributed by atoms with E-state index in [4.69, 9.17) is 0 Å². The summed E-state index contributed by atoms with van der Waals surface area (Å²) >= 11 is 0. The van der Waals surface area contributed by atoms with Crippen molar-refractivity contribution in [1.29, 1.82) is 0 Å². The number of rotatable bonds is 14. The van der Waals surface area contributed by atoms with Gasteiger partial charge in [-0.05, 0) is 77.4 Å². The van der Waals surface area contributed by atoms with Crippen LogP contribution in [0.1, 0.15) is 107 Å². The predicted molar refractivity (Wildman–Crippen MR) is 159 cm³/mol. The molecule has 0 atom stereocenters. The lowest BCUT2D eigenvalue weighted by molar-refractivity contribution is -0.148. The van der Waals surface area contributed by atoms with Crippen LogP contribution in [-0.2, 0) is 19.2 Å². The summed E-state index contributed by atoms with van der Waals surface area (Å²) < 4.78 is 0. The van der Waals surface area contributed by atoms with E-state index in [0.29, 0.717) is 36.8 Å². The summed E-state index contributed by atoms with van der Waals surface area (Å²) in [6.07, 6.45) is 16.5. The molecule has 0 heterocycles. The Morgan fingerprint density at radius 2 is 0.975 bits per heavy atom. The van der Waals surface area contributed by atoms with Crippen LogP contribution in [0.3, 0.4) is 0 Å². The first kappa shape index (κ1) is 33.2. The van der Waals surface area contributed by atoms with Crippen LogP contribution in [0.2, 0.25) is 0 Å². The van der Waals surface area contributed by atoms with Gasteiger partial charge in [0.05, 0.1) is 10.8 Å². The minimum absolute atomic E-state index is 0.0481. The standard InChI is InChI=1S/C34H48O6/c1-31(2)19-23(13-9-11-17-33(5,6)29(37)38)27(35)25(21-31)15-16-26-22-32(3,4)20-24(28(26)36)14-10-12-18-34(7,8)30(39)40/h15-16,19-22H,9-14,17-18H2,1-8H3,(H,37,38)(H,39,40)/b16-15+. The van der Waals surface area contributed by atoms with Crippen molar-refractivity contribution in [3.8, 4) is 0 Å². The highest BCUT2D eigenvalue weighted by Gasteiger charge is 2.30. The number of carbonyl (C=O) groups is 4. The smallest absolute Gasteiger partial charge is 0.309 e. The summed E-state index contributed by atoms with van der Waals surface area (Å²) in [6.45, 7) is 15.1. The molecule has 0 aliphatic heterocycles. The van der Waals surface area contributed by atoms with E-state index in [1.54, 1.807) is 39.8 Å². The van der Waals surface area contributed by atoms with Gasteiger partial charge in [-0.3, -0.25) is 19.2 Å². The Kier molecular flexibility index (Phi) is 10.5. The number of aliphatic carboxylic acids is 2. The summed E-state index contributed by atoms with van der Waals surface area (Å²) in [6, 6.07) is 0. The third-order valence-electron chi connectivity index (χ3n) is 7.85. The SMILES string of the molecule is CC1(C)C=C(/C=C/C2=CC(C)(C)C=C(CCCCC(C)(C)C(=O)O)C2=O)C(=O)C(CCCCC(C)(C)C(=O)O)=C1. The molecule has 0 amide bonds. The van der Waals surface area contributed by atoms with Crippen molar-refractivity contribution in [2.75, 3.05) is 0 Å². The molecule has 0 aromatic rings. The first-order chi connectivity index (χ1) is 18.3. The molecule has 6 nitrogen and oxygen atoms in total. The monoisotopic (exact) mass is 552 g/mol. The van der Waals surface area contributed by atoms with E-state index >= 15 is 0 Å². The van der Waals surface area contributed by atoms with Crippen molar-refractivity contribution in [1.82, 2.24) is 0 Å². The molecule has 2 aliphatic carbocycles. The van der Waals surface area contributed by atoms with Gasteiger partial charge in [-0.25, -0.2) is 0 Å². The van der Waals surface area contributed by atoms with E-state index in [9.17, 15) is 29.4 Å². The van der Waals surface area contributed by atoms with Crippen LogP contribution < -0.4 is 0 Å². The molecule has 0 fully saturated rings. The van der Waals surface area contributed by atoms with Gasteiger partial charge in [-0.1, -0.05) is 77.0 Å². The van der Waals surface area contributed by atoms with Gasteiger partial charge in [-0.2, -0.15) is 0 Å². The largest absolute Gasteiger partial charge is 0.481 e. The Bertz CT molecular complexity index is 1090. The average Bonchev–Trinajstić information content (AvgIpc) is 2.82. The molecule has 220 valence electrons. The molecule has 2 N–H and O–H groups in total. The third-order valence-corrected chi connectivity index (χ3v) is 7.85. The number of allylic oxidation sites excluding steroid dienone is 10. The first-order valence-corrected chi connectivity index (χ1v) is 14.4. The number of hydrogen-bond acceptors (Lipinski definition) is 4. The van der Waals surface area contributed by atoms with E-state index in [0.717, 1.165) is 36.8 Å². The van der Waals surface area contributed by atoms with Crippen LogP contribution in [0.25, 0.3) is 0 Å². The first-order valence-electron chi connectivity index (χ1n) is 14.4. The number of ketones is 2. The molecule has 0 aromatic carbocycles. The van der Waals surface area contributed by atoms with E-state index in [-0.39, 0.29) is 22.4 Å². The van der Waals surface area contributed by atoms with E-state index in [2.05, 4.69) is 0 Å². The van der Waals surface area contributed by atoms with Crippen molar-refractivity contribution >= 4 is 23.5 Å². The van der Waals surface area contributed by atoms with E-state index < -0.39 is 22.8 Å². The number of carboxylic acid groups (broad SMARTS) is 2. The molecular formula is C34H48O6. The lowest BCUT2D eigenvalue weighted by atomic mass is 9.77. The Morgan fingerprint density at radius 1 is 0.650 bits per heavy atom. The van der Waals surface area contributed by atoms with Crippen molar-refractivity contribution < 1.29 is 29.4 Å². The number of carbonyl (C=O) groups excluding carboxylic acids is 2. The minimum atomic E-state index is -0.813. The van der Waals surface area contributed by atoms with Crippen LogP contribution in [0, 0.1) is 21.7 Å². The van der Waals surface area contributed by atoms with Crippen LogP contribution in [0.5, 0.6) is 0 Å². The molecule has 2 rings (SSSR count). The molecular weight excluding hydrogens is 504 g/mol. The zero-order valence-corrected chi connectivity index (χ0v) is 25.6. The predicted octanol–water partition coefficient (Wildman–Crippen LogP) is 7.81. The van der Waals surface area contributed by atoms with Crippen LogP contribution in [0.4, 0.5) is 0 Å². The molecule has 2 aliphatic rings. The maximum atomic E-state index is 13.3. The lowest BCUT2D eigenvalue weighted by Crippen LogP contribution is -2.23. The van der Waals surface area contributed by atoms with Gasteiger partial charge in [0.2, 0.25) is 0 Å². The van der Waals surface area contributed by atoms with Crippen molar-refractivity contribution in [2.45, 2.75) is 107 Å². The highest BCUT2D eigenvalue weighted by atomic mass is 16.4. The Morgan fingerprint density at radius 3 is 1.27 bits per heavy atom. The molecule has 40 heavy (non-hydrogen) atoms. The molecule has 0 aromatic heterocycles. The number of hydrogen-bond donors (Lipinski definition) is 2. The Labute approximate surface area is 240 Å². The lowest BCUT2D eigenvalue weighted by Gasteiger charge is -2.26. The highest BCUT2D eigenvalue weighted by molar-refractivity contribution is 6.13. The van der Waals surface area contributed by atoms with Gasteiger partial charge in [0.15, 0.2) is 11.6 Å². The number of Topliss-reactive ketones (excluding diaryl/α,β-unsaturated/α-hetero) is 2. The Balaban J connectivity index is 2.08. The zero-order valence-electron chi connectivity index (χ0n) is 25.6. The maximum absolute atomic E-state index is 13.3. The fourth-order valence-corrected chi connectivity index (χ4v) is 5.19. The number of carboxylic acids is 2. The van der Waals surface area contributed by atoms with E-state index in [1.807, 2.05) is 52.0 Å². The zero-order chi connectivity index (χ0) is 30.5. The van der Waals surface area contributed by atoms with Gasteiger partial charge in [0.25, 0.3) is 0 Å². The fraction of sp³-hybridized carbons (Fsp3) is 0.588. The van der Waals surface area contributed by atoms with Gasteiger partial charge in [-0.15, -0.1) is 0 Å². The third kappa shape index (κ3) is 9.28. The second-order valence-electron chi connectivity index (χ2n) is 14.0. The van der Waals surface area contributed by atoms with Crippen molar-refractivity contribution in [3.63, 3.8) is 0 Å². The molecule has 0 unspecified atom stereocenters. The van der Waals surface area contributed by atoms with Gasteiger partial charge < -0.3 is 10.2 Å². The van der Waals surface area contributed by atoms with Crippen molar-refractivity contribution in [2.24, 2.45) is 21.7 Å². The molecule has 0 saturated carbocycles. The summed E-state index contributed by atoms with van der Waals surface area (Å²) in [5, 5.41) is 18.7. The van der Waals surface area contributed by atoms with Crippen LogP contribution in [-0.4, -0.2) is 33.7 Å². The molecule has 6 heteroatoms. The Hall–Kier alpha value is -3.02. The quantitative estimate of drug-likeness (QED) is 0.213. The summed E-state index contributed by atoms with van der Waals surface area (Å²) in [7, 11) is 0. The summed E-state index contributed by atoms with van der Waals surface area (Å²) in [5.41, 5.74) is 0.385. The fourth-order valence-electron chi connectivity index (χ4n) is 5.19. The highest BCUT2D eigenvalue weighted by Crippen LogP contribution is 2.35. The van der Waals surface area contributed by atoms with Gasteiger partial charge >= 0.3 is 11.9 Å². The summed E-state index contributed by atoms with van der Waals surface area (Å²) in [4.78, 5) is 49.4. The van der Waals surface area contributed by atoms with Crippen LogP contribution >= 0.6 is 0 Å². The second-order valence-corrected chi connectivity index (χ2v) is 14.0. The van der Waals surface area contributed by atoms with Gasteiger partial charge in [0, 0.05) is 22.0 Å². The van der Waals surface area contributed by atoms with E-state index in [1.165, 1.54) is 0 Å². The molecule has 0 saturated heterocycles. The minimum Gasteiger partial charge on any atom is -0.481 e.